The van der Waals surface area contributed by atoms with Crippen LogP contribution in [0.15, 0.2) is 36.4 Å². The monoisotopic (exact) mass is 247 g/mol. The fourth-order valence-electron chi connectivity index (χ4n) is 1.65. The summed E-state index contributed by atoms with van der Waals surface area (Å²) in [5.74, 6) is 0.785. The number of aromatic nitrogens is 1. The predicted molar refractivity (Wildman–Crippen MR) is 70.6 cm³/mol. The first-order valence-corrected chi connectivity index (χ1v) is 5.92. The van der Waals surface area contributed by atoms with Crippen LogP contribution in [-0.2, 0) is 6.42 Å². The SMILES string of the molecule is CCc1cccc(-c2cc(OC)ccc2Cl)n1. The van der Waals surface area contributed by atoms with E-state index in [0.29, 0.717) is 5.02 Å². The molecule has 1 aromatic carbocycles. The number of hydrogen-bond acceptors (Lipinski definition) is 2. The number of pyridine rings is 1. The molecule has 3 heteroatoms. The van der Waals surface area contributed by atoms with Crippen molar-refractivity contribution in [2.75, 3.05) is 7.11 Å². The summed E-state index contributed by atoms with van der Waals surface area (Å²) in [5.41, 5.74) is 2.84. The van der Waals surface area contributed by atoms with E-state index in [9.17, 15) is 0 Å². The first-order chi connectivity index (χ1) is 8.24. The van der Waals surface area contributed by atoms with Crippen LogP contribution >= 0.6 is 11.6 Å². The third-order valence-electron chi connectivity index (χ3n) is 2.62. The molecule has 0 saturated heterocycles. The molecule has 0 N–H and O–H groups in total. The molecule has 88 valence electrons. The van der Waals surface area contributed by atoms with Crippen LogP contribution in [0.3, 0.4) is 0 Å². The number of rotatable bonds is 3. The second-order valence-corrected chi connectivity index (χ2v) is 4.12. The Hall–Kier alpha value is -1.54. The maximum atomic E-state index is 6.19. The third-order valence-corrected chi connectivity index (χ3v) is 2.95. The van der Waals surface area contributed by atoms with Gasteiger partial charge in [-0.25, -0.2) is 0 Å². The molecule has 0 spiro atoms. The fraction of sp³-hybridized carbons (Fsp3) is 0.214. The highest BCUT2D eigenvalue weighted by Gasteiger charge is 2.07. The van der Waals surface area contributed by atoms with Crippen molar-refractivity contribution in [2.24, 2.45) is 0 Å². The third kappa shape index (κ3) is 2.59. The molecule has 1 aromatic heterocycles. The highest BCUT2D eigenvalue weighted by atomic mass is 35.5. The Balaban J connectivity index is 2.50. The van der Waals surface area contributed by atoms with Crippen molar-refractivity contribution >= 4 is 11.6 Å². The summed E-state index contributed by atoms with van der Waals surface area (Å²) in [5, 5.41) is 0.687. The molecular formula is C14H14ClNO. The van der Waals surface area contributed by atoms with Gasteiger partial charge in [-0.3, -0.25) is 4.98 Å². The molecule has 17 heavy (non-hydrogen) atoms. The van der Waals surface area contributed by atoms with Crippen LogP contribution in [0.4, 0.5) is 0 Å². The van der Waals surface area contributed by atoms with E-state index in [1.165, 1.54) is 0 Å². The highest BCUT2D eigenvalue weighted by Crippen LogP contribution is 2.30. The van der Waals surface area contributed by atoms with Crippen molar-refractivity contribution in [2.45, 2.75) is 13.3 Å². The molecule has 0 aliphatic rings. The van der Waals surface area contributed by atoms with E-state index in [1.807, 2.05) is 36.4 Å². The van der Waals surface area contributed by atoms with Gasteiger partial charge in [0.15, 0.2) is 0 Å². The zero-order valence-corrected chi connectivity index (χ0v) is 10.7. The van der Waals surface area contributed by atoms with Gasteiger partial charge in [0, 0.05) is 11.3 Å². The lowest BCUT2D eigenvalue weighted by Gasteiger charge is -2.07. The van der Waals surface area contributed by atoms with Crippen LogP contribution in [-0.4, -0.2) is 12.1 Å². The van der Waals surface area contributed by atoms with Crippen LogP contribution in [0.2, 0.25) is 5.02 Å². The van der Waals surface area contributed by atoms with E-state index in [4.69, 9.17) is 16.3 Å². The van der Waals surface area contributed by atoms with Gasteiger partial charge < -0.3 is 4.74 Å². The Kier molecular flexibility index (Phi) is 3.64. The maximum Gasteiger partial charge on any atom is 0.119 e. The molecule has 0 aliphatic heterocycles. The molecular weight excluding hydrogens is 234 g/mol. The molecule has 0 amide bonds. The summed E-state index contributed by atoms with van der Waals surface area (Å²) >= 11 is 6.19. The number of benzene rings is 1. The van der Waals surface area contributed by atoms with Crippen molar-refractivity contribution in [1.82, 2.24) is 4.98 Å². The van der Waals surface area contributed by atoms with E-state index in [2.05, 4.69) is 11.9 Å². The average Bonchev–Trinajstić information content (AvgIpc) is 2.39. The van der Waals surface area contributed by atoms with Gasteiger partial charge in [0.05, 0.1) is 17.8 Å². The van der Waals surface area contributed by atoms with E-state index >= 15 is 0 Å². The molecule has 2 aromatic rings. The zero-order valence-electron chi connectivity index (χ0n) is 9.90. The molecule has 0 saturated carbocycles. The van der Waals surface area contributed by atoms with Gasteiger partial charge >= 0.3 is 0 Å². The molecule has 2 nitrogen and oxygen atoms in total. The molecule has 0 atom stereocenters. The normalized spacial score (nSPS) is 10.3. The molecule has 0 aliphatic carbocycles. The lowest BCUT2D eigenvalue weighted by atomic mass is 10.1. The Labute approximate surface area is 106 Å². The van der Waals surface area contributed by atoms with Crippen LogP contribution in [0.25, 0.3) is 11.3 Å². The fourth-order valence-corrected chi connectivity index (χ4v) is 1.87. The smallest absolute Gasteiger partial charge is 0.119 e. The lowest BCUT2D eigenvalue weighted by Crippen LogP contribution is -1.91. The second-order valence-electron chi connectivity index (χ2n) is 3.71. The largest absolute Gasteiger partial charge is 0.497 e. The van der Waals surface area contributed by atoms with Crippen molar-refractivity contribution < 1.29 is 4.74 Å². The van der Waals surface area contributed by atoms with Crippen molar-refractivity contribution in [3.8, 4) is 17.0 Å². The maximum absolute atomic E-state index is 6.19. The minimum absolute atomic E-state index is 0.687. The number of aryl methyl sites for hydroxylation is 1. The van der Waals surface area contributed by atoms with Gasteiger partial charge in [0.1, 0.15) is 5.75 Å². The highest BCUT2D eigenvalue weighted by molar-refractivity contribution is 6.33. The van der Waals surface area contributed by atoms with Gasteiger partial charge in [0.25, 0.3) is 0 Å². The molecule has 0 radical (unpaired) electrons. The predicted octanol–water partition coefficient (Wildman–Crippen LogP) is 3.97. The summed E-state index contributed by atoms with van der Waals surface area (Å²) < 4.78 is 5.20. The van der Waals surface area contributed by atoms with E-state index in [-0.39, 0.29) is 0 Å². The van der Waals surface area contributed by atoms with Crippen LogP contribution in [0.1, 0.15) is 12.6 Å². The summed E-state index contributed by atoms with van der Waals surface area (Å²) in [4.78, 5) is 4.56. The Morgan fingerprint density at radius 3 is 2.76 bits per heavy atom. The summed E-state index contributed by atoms with van der Waals surface area (Å²) in [7, 11) is 1.64. The van der Waals surface area contributed by atoms with E-state index in [0.717, 1.165) is 29.1 Å². The Morgan fingerprint density at radius 2 is 2.06 bits per heavy atom. The molecule has 2 rings (SSSR count). The topological polar surface area (TPSA) is 22.1 Å². The standard InChI is InChI=1S/C14H14ClNO/c1-3-10-5-4-6-14(16-10)12-9-11(17-2)7-8-13(12)15/h4-9H,3H2,1-2H3. The van der Waals surface area contributed by atoms with Gasteiger partial charge in [-0.15, -0.1) is 0 Å². The van der Waals surface area contributed by atoms with Gasteiger partial charge in [0.2, 0.25) is 0 Å². The minimum atomic E-state index is 0.687. The number of hydrogen-bond donors (Lipinski definition) is 0. The number of methoxy groups -OCH3 is 1. The summed E-state index contributed by atoms with van der Waals surface area (Å²) in [6.45, 7) is 2.08. The quantitative estimate of drug-likeness (QED) is 0.819. The van der Waals surface area contributed by atoms with Gasteiger partial charge in [-0.05, 0) is 36.8 Å². The molecule has 0 bridgehead atoms. The minimum Gasteiger partial charge on any atom is -0.497 e. The molecule has 1 heterocycles. The lowest BCUT2D eigenvalue weighted by molar-refractivity contribution is 0.415. The summed E-state index contributed by atoms with van der Waals surface area (Å²) in [6, 6.07) is 11.5. The summed E-state index contributed by atoms with van der Waals surface area (Å²) in [6.07, 6.45) is 0.912. The first kappa shape index (κ1) is 11.9. The molecule has 0 unspecified atom stereocenters. The van der Waals surface area contributed by atoms with Crippen molar-refractivity contribution in [3.63, 3.8) is 0 Å². The molecule has 0 fully saturated rings. The van der Waals surface area contributed by atoms with Gasteiger partial charge in [-0.2, -0.15) is 0 Å². The van der Waals surface area contributed by atoms with Crippen LogP contribution in [0, 0.1) is 0 Å². The van der Waals surface area contributed by atoms with Crippen LogP contribution in [0.5, 0.6) is 5.75 Å². The Bertz CT molecular complexity index is 525. The Morgan fingerprint density at radius 1 is 1.24 bits per heavy atom. The van der Waals surface area contributed by atoms with Gasteiger partial charge in [-0.1, -0.05) is 24.6 Å². The second kappa shape index (κ2) is 5.19. The average molecular weight is 248 g/mol. The number of halogens is 1. The first-order valence-electron chi connectivity index (χ1n) is 5.54. The van der Waals surface area contributed by atoms with Crippen molar-refractivity contribution in [3.05, 3.63) is 47.1 Å². The van der Waals surface area contributed by atoms with Crippen LogP contribution < -0.4 is 4.74 Å². The number of nitrogens with zero attached hydrogens (tertiary/aromatic N) is 1. The van der Waals surface area contributed by atoms with E-state index < -0.39 is 0 Å². The zero-order chi connectivity index (χ0) is 12.3. The van der Waals surface area contributed by atoms with E-state index in [1.54, 1.807) is 7.11 Å². The number of ether oxygens (including phenoxy) is 1. The van der Waals surface area contributed by atoms with Crippen molar-refractivity contribution in [1.29, 1.82) is 0 Å².